The molecule has 2 heterocycles. The lowest BCUT2D eigenvalue weighted by molar-refractivity contribution is -0.121. The number of nitrogens with zero attached hydrogens (tertiary/aromatic N) is 3. The van der Waals surface area contributed by atoms with Gasteiger partial charge in [-0.25, -0.2) is 4.68 Å². The number of carbonyl (C=O) groups excluding carboxylic acids is 1. The van der Waals surface area contributed by atoms with Crippen LogP contribution in [0.25, 0.3) is 0 Å². The van der Waals surface area contributed by atoms with Gasteiger partial charge in [0.15, 0.2) is 0 Å². The van der Waals surface area contributed by atoms with Crippen molar-refractivity contribution < 1.29 is 4.79 Å². The van der Waals surface area contributed by atoms with E-state index in [0.29, 0.717) is 11.7 Å². The van der Waals surface area contributed by atoms with Gasteiger partial charge in [0.1, 0.15) is 11.1 Å². The molecule has 28 heavy (non-hydrogen) atoms. The van der Waals surface area contributed by atoms with E-state index in [4.69, 9.17) is 0 Å². The second-order valence-electron chi connectivity index (χ2n) is 7.12. The minimum absolute atomic E-state index is 0.0180. The van der Waals surface area contributed by atoms with E-state index in [9.17, 15) is 4.79 Å². The molecule has 2 aromatic carbocycles. The summed E-state index contributed by atoms with van der Waals surface area (Å²) in [5.74, 6) is 0.758. The van der Waals surface area contributed by atoms with E-state index < -0.39 is 0 Å². The van der Waals surface area contributed by atoms with Gasteiger partial charge in [-0.2, -0.15) is 0 Å². The van der Waals surface area contributed by atoms with E-state index in [1.807, 2.05) is 23.7 Å². The summed E-state index contributed by atoms with van der Waals surface area (Å²) in [6.07, 6.45) is 0. The number of amides is 1. The standard InChI is InChI=1S/C21H23N5OS/c1-13-4-8-16(9-5-13)12-22-20(27)19-18(17-10-6-14(2)7-11-17)25-26-15(3)23-24-21(26)28-19/h4-11,18-19,25H,12H2,1-3H3,(H,22,27)/t18-,19+/m0/s1. The number of thioether (sulfide) groups is 1. The molecule has 7 heteroatoms. The molecule has 0 saturated carbocycles. The Morgan fingerprint density at radius 3 is 2.36 bits per heavy atom. The molecule has 6 nitrogen and oxygen atoms in total. The monoisotopic (exact) mass is 393 g/mol. The fraction of sp³-hybridized carbons (Fsp3) is 0.286. The van der Waals surface area contributed by atoms with Crippen LogP contribution >= 0.6 is 11.8 Å². The molecule has 1 aromatic heterocycles. The summed E-state index contributed by atoms with van der Waals surface area (Å²) < 4.78 is 1.86. The van der Waals surface area contributed by atoms with Crippen LogP contribution in [0, 0.1) is 20.8 Å². The highest BCUT2D eigenvalue weighted by atomic mass is 32.2. The van der Waals surface area contributed by atoms with Gasteiger partial charge in [0.05, 0.1) is 6.04 Å². The van der Waals surface area contributed by atoms with Crippen LogP contribution in [0.2, 0.25) is 0 Å². The van der Waals surface area contributed by atoms with E-state index in [-0.39, 0.29) is 17.2 Å². The average Bonchev–Trinajstić information content (AvgIpc) is 3.07. The van der Waals surface area contributed by atoms with E-state index in [2.05, 4.69) is 71.2 Å². The van der Waals surface area contributed by atoms with Gasteiger partial charge in [-0.3, -0.25) is 4.79 Å². The van der Waals surface area contributed by atoms with Crippen LogP contribution in [-0.4, -0.2) is 26.0 Å². The number of hydrogen-bond donors (Lipinski definition) is 2. The molecule has 0 saturated heterocycles. The summed E-state index contributed by atoms with van der Waals surface area (Å²) in [6, 6.07) is 16.3. The van der Waals surface area contributed by atoms with Gasteiger partial charge in [0.25, 0.3) is 0 Å². The van der Waals surface area contributed by atoms with E-state index in [1.165, 1.54) is 22.9 Å². The van der Waals surface area contributed by atoms with Gasteiger partial charge < -0.3 is 10.7 Å². The Morgan fingerprint density at radius 1 is 1.04 bits per heavy atom. The van der Waals surface area contributed by atoms with Crippen LogP contribution in [0.3, 0.4) is 0 Å². The maximum atomic E-state index is 13.1. The second kappa shape index (κ2) is 7.67. The maximum Gasteiger partial charge on any atom is 0.236 e. The number of benzene rings is 2. The maximum absolute atomic E-state index is 13.1. The van der Waals surface area contributed by atoms with Gasteiger partial charge in [-0.15, -0.1) is 10.2 Å². The van der Waals surface area contributed by atoms with Gasteiger partial charge >= 0.3 is 0 Å². The summed E-state index contributed by atoms with van der Waals surface area (Å²) in [6.45, 7) is 6.51. The number of nitrogens with one attached hydrogen (secondary N) is 2. The van der Waals surface area contributed by atoms with E-state index in [1.54, 1.807) is 0 Å². The number of fused-ring (bicyclic) bond motifs is 1. The molecular formula is C21H23N5OS. The Kier molecular flexibility index (Phi) is 5.09. The molecule has 0 fully saturated rings. The lowest BCUT2D eigenvalue weighted by Crippen LogP contribution is -2.44. The van der Waals surface area contributed by atoms with Crippen molar-refractivity contribution in [1.29, 1.82) is 0 Å². The molecule has 0 bridgehead atoms. The van der Waals surface area contributed by atoms with Gasteiger partial charge in [0.2, 0.25) is 11.1 Å². The van der Waals surface area contributed by atoms with Gasteiger partial charge in [-0.1, -0.05) is 71.4 Å². The number of hydrogen-bond acceptors (Lipinski definition) is 5. The highest BCUT2D eigenvalue weighted by Crippen LogP contribution is 2.37. The Morgan fingerprint density at radius 2 is 1.68 bits per heavy atom. The second-order valence-corrected chi connectivity index (χ2v) is 8.23. The van der Waals surface area contributed by atoms with Crippen molar-refractivity contribution in [3.05, 3.63) is 76.6 Å². The zero-order chi connectivity index (χ0) is 19.7. The fourth-order valence-corrected chi connectivity index (χ4v) is 4.33. The Hall–Kier alpha value is -2.80. The molecule has 0 aliphatic carbocycles. The highest BCUT2D eigenvalue weighted by molar-refractivity contribution is 8.00. The number of aryl methyl sites for hydroxylation is 3. The van der Waals surface area contributed by atoms with E-state index in [0.717, 1.165) is 17.0 Å². The summed E-state index contributed by atoms with van der Waals surface area (Å²) in [5.41, 5.74) is 7.97. The minimum Gasteiger partial charge on any atom is -0.351 e. The molecule has 2 N–H and O–H groups in total. The average molecular weight is 394 g/mol. The van der Waals surface area contributed by atoms with Crippen LogP contribution in [0.1, 0.15) is 34.1 Å². The Balaban J connectivity index is 1.57. The van der Waals surface area contributed by atoms with Crippen LogP contribution in [-0.2, 0) is 11.3 Å². The summed E-state index contributed by atoms with van der Waals surface area (Å²) in [7, 11) is 0. The molecule has 0 spiro atoms. The lowest BCUT2D eigenvalue weighted by atomic mass is 10.0. The van der Waals surface area contributed by atoms with Crippen LogP contribution < -0.4 is 10.7 Å². The SMILES string of the molecule is Cc1ccc(CNC(=O)[C@@H]2Sc3nnc(C)n3N[C@H]2c2ccc(C)cc2)cc1. The molecule has 4 rings (SSSR count). The van der Waals surface area contributed by atoms with Crippen molar-refractivity contribution in [2.75, 3.05) is 5.43 Å². The molecule has 0 unspecified atom stereocenters. The van der Waals surface area contributed by atoms with Gasteiger partial charge in [0, 0.05) is 6.54 Å². The molecule has 3 aromatic rings. The molecule has 2 atom stereocenters. The third-order valence-electron chi connectivity index (χ3n) is 4.88. The first-order chi connectivity index (χ1) is 13.5. The zero-order valence-electron chi connectivity index (χ0n) is 16.1. The smallest absolute Gasteiger partial charge is 0.236 e. The van der Waals surface area contributed by atoms with Crippen molar-refractivity contribution in [2.45, 2.75) is 43.8 Å². The highest BCUT2D eigenvalue weighted by Gasteiger charge is 2.37. The number of rotatable bonds is 4. The number of aromatic nitrogens is 3. The lowest BCUT2D eigenvalue weighted by Gasteiger charge is -2.32. The molecule has 1 aliphatic heterocycles. The van der Waals surface area contributed by atoms with Gasteiger partial charge in [-0.05, 0) is 31.9 Å². The van der Waals surface area contributed by atoms with Crippen molar-refractivity contribution in [3.63, 3.8) is 0 Å². The summed E-state index contributed by atoms with van der Waals surface area (Å²) >= 11 is 1.45. The van der Waals surface area contributed by atoms with Crippen LogP contribution in [0.15, 0.2) is 53.7 Å². The molecule has 0 radical (unpaired) electrons. The van der Waals surface area contributed by atoms with Crippen LogP contribution in [0.5, 0.6) is 0 Å². The van der Waals surface area contributed by atoms with Crippen molar-refractivity contribution in [3.8, 4) is 0 Å². The third-order valence-corrected chi connectivity index (χ3v) is 6.10. The first-order valence-electron chi connectivity index (χ1n) is 9.26. The largest absolute Gasteiger partial charge is 0.351 e. The molecule has 1 amide bonds. The zero-order valence-corrected chi connectivity index (χ0v) is 17.0. The quantitative estimate of drug-likeness (QED) is 0.712. The topological polar surface area (TPSA) is 71.8 Å². The first-order valence-corrected chi connectivity index (χ1v) is 10.1. The Labute approximate surface area is 168 Å². The minimum atomic E-state index is -0.343. The van der Waals surface area contributed by atoms with Crippen LogP contribution in [0.4, 0.5) is 0 Å². The van der Waals surface area contributed by atoms with E-state index >= 15 is 0 Å². The van der Waals surface area contributed by atoms with Crippen molar-refractivity contribution in [2.24, 2.45) is 0 Å². The van der Waals surface area contributed by atoms with Crippen molar-refractivity contribution in [1.82, 2.24) is 20.2 Å². The fourth-order valence-electron chi connectivity index (χ4n) is 3.18. The summed E-state index contributed by atoms with van der Waals surface area (Å²) in [5, 5.41) is 11.8. The predicted octanol–water partition coefficient (Wildman–Crippen LogP) is 3.28. The third kappa shape index (κ3) is 3.75. The normalized spacial score (nSPS) is 18.2. The predicted molar refractivity (Wildman–Crippen MR) is 111 cm³/mol. The summed E-state index contributed by atoms with van der Waals surface area (Å²) in [4.78, 5) is 13.1. The first kappa shape index (κ1) is 18.6. The molecule has 1 aliphatic rings. The molecular weight excluding hydrogens is 370 g/mol. The van der Waals surface area contributed by atoms with Crippen molar-refractivity contribution >= 4 is 17.7 Å². The number of carbonyl (C=O) groups is 1. The molecule has 144 valence electrons. The Bertz CT molecular complexity index is 981.